The Balaban J connectivity index is 0.761. The molecule has 5 aromatic rings. The molecule has 3 N–H and O–H groups in total. The van der Waals surface area contributed by atoms with E-state index in [0.29, 0.717) is 34.8 Å². The highest BCUT2D eigenvalue weighted by Gasteiger charge is 2.47. The number of nitrogens with two attached hydrogens (primary N) is 1. The van der Waals surface area contributed by atoms with Gasteiger partial charge in [0.2, 0.25) is 11.8 Å². The summed E-state index contributed by atoms with van der Waals surface area (Å²) in [5, 5.41) is 8.14. The van der Waals surface area contributed by atoms with E-state index in [1.807, 2.05) is 60.7 Å². The van der Waals surface area contributed by atoms with Gasteiger partial charge in [-0.3, -0.25) is 34.3 Å². The lowest BCUT2D eigenvalue weighted by Gasteiger charge is -2.53. The quantitative estimate of drug-likeness (QED) is 0.216. The summed E-state index contributed by atoms with van der Waals surface area (Å²) in [4.78, 5) is 65.3. The highest BCUT2D eigenvalue weighted by Crippen LogP contribution is 2.43. The highest BCUT2D eigenvalue weighted by molar-refractivity contribution is 6.23. The molecule has 278 valence electrons. The van der Waals surface area contributed by atoms with Crippen LogP contribution in [0.15, 0.2) is 79.1 Å². The van der Waals surface area contributed by atoms with Crippen LogP contribution in [0, 0.1) is 11.8 Å². The summed E-state index contributed by atoms with van der Waals surface area (Å²) < 4.78 is 8.07. The summed E-state index contributed by atoms with van der Waals surface area (Å²) in [6.07, 6.45) is 4.85. The molecule has 14 nitrogen and oxygen atoms in total. The van der Waals surface area contributed by atoms with Crippen LogP contribution in [0.25, 0.3) is 22.3 Å². The number of carbonyl (C=O) groups is 4. The predicted octanol–water partition coefficient (Wildman–Crippen LogP) is 4.43. The fourth-order valence-corrected chi connectivity index (χ4v) is 9.07. The summed E-state index contributed by atoms with van der Waals surface area (Å²) in [6, 6.07) is 22.6. The van der Waals surface area contributed by atoms with E-state index < -0.39 is 23.8 Å². The summed E-state index contributed by atoms with van der Waals surface area (Å²) in [5.41, 5.74) is 10.4. The van der Waals surface area contributed by atoms with Crippen LogP contribution in [0.2, 0.25) is 0 Å². The second kappa shape index (κ2) is 13.0. The molecule has 0 radical (unpaired) electrons. The van der Waals surface area contributed by atoms with E-state index in [1.165, 1.54) is 6.33 Å². The molecule has 0 spiro atoms. The van der Waals surface area contributed by atoms with Crippen molar-refractivity contribution in [1.29, 1.82) is 0 Å². The van der Waals surface area contributed by atoms with Crippen molar-refractivity contribution >= 4 is 46.2 Å². The Kier molecular flexibility index (Phi) is 7.91. The van der Waals surface area contributed by atoms with E-state index in [2.05, 4.69) is 29.8 Å². The normalized spacial score (nSPS) is 23.2. The second-order valence-electron chi connectivity index (χ2n) is 15.4. The number of imide groups is 2. The van der Waals surface area contributed by atoms with E-state index in [1.54, 1.807) is 12.1 Å². The van der Waals surface area contributed by atoms with E-state index in [4.69, 9.17) is 15.6 Å². The lowest BCUT2D eigenvalue weighted by atomic mass is 9.79. The van der Waals surface area contributed by atoms with Crippen LogP contribution in [0.1, 0.15) is 58.9 Å². The van der Waals surface area contributed by atoms with Gasteiger partial charge in [-0.05, 0) is 92.1 Å². The van der Waals surface area contributed by atoms with Crippen LogP contribution in [-0.2, 0) is 9.59 Å². The lowest BCUT2D eigenvalue weighted by Crippen LogP contribution is -2.61. The molecule has 1 saturated carbocycles. The minimum Gasteiger partial charge on any atom is -0.457 e. The molecule has 4 amide bonds. The zero-order valence-electron chi connectivity index (χ0n) is 30.0. The number of para-hydroxylation sites is 1. The standard InChI is InChI=1S/C41H39N9O5/c42-37-35-36(23-6-11-30(12-7-23)55-29-4-2-1-3-5-29)46-50(38(35)44-22-43-37)28-9-8-26(16-28)47-18-24(19-47)25-20-48(21-25)27-10-13-31-32(17-27)41(54)49(40(31)53)33-14-15-34(51)45-39(33)52/h1-7,10-13,17,22,24-26,28,33H,8-9,14-16,18-21H2,(H2,42,43,44)(H,45,51,52). The number of rotatable bonds is 8. The first-order valence-electron chi connectivity index (χ1n) is 19.0. The SMILES string of the molecule is Nc1ncnc2c1c(-c1ccc(Oc3ccccc3)cc1)nn2C1CCC(N2CC(C3CN(c4ccc5c(c4)C(=O)N(C4CCC(=O)NC4=O)C5=O)C3)C2)C1. The third-order valence-electron chi connectivity index (χ3n) is 12.2. The number of nitrogens with one attached hydrogen (secondary N) is 1. The molecule has 55 heavy (non-hydrogen) atoms. The molecule has 4 fully saturated rings. The van der Waals surface area contributed by atoms with Gasteiger partial charge in [0, 0.05) is 49.9 Å². The molecule has 6 heterocycles. The molecule has 2 aromatic heterocycles. The molecule has 4 aliphatic heterocycles. The van der Waals surface area contributed by atoms with Gasteiger partial charge in [-0.25, -0.2) is 14.6 Å². The molecule has 3 saturated heterocycles. The van der Waals surface area contributed by atoms with E-state index in [9.17, 15) is 19.2 Å². The molecule has 10 rings (SSSR count). The van der Waals surface area contributed by atoms with Gasteiger partial charge < -0.3 is 15.4 Å². The molecule has 3 unspecified atom stereocenters. The highest BCUT2D eigenvalue weighted by atomic mass is 16.5. The maximum absolute atomic E-state index is 13.3. The maximum atomic E-state index is 13.3. The number of ether oxygens (including phenoxy) is 1. The largest absolute Gasteiger partial charge is 0.457 e. The number of amides is 4. The molecular formula is C41H39N9O5. The third kappa shape index (κ3) is 5.70. The summed E-state index contributed by atoms with van der Waals surface area (Å²) in [5.74, 6) is 1.15. The Morgan fingerprint density at radius 2 is 1.49 bits per heavy atom. The fourth-order valence-electron chi connectivity index (χ4n) is 9.07. The number of piperidine rings is 1. The van der Waals surface area contributed by atoms with Crippen LogP contribution >= 0.6 is 0 Å². The average molecular weight is 738 g/mol. The number of hydrogen-bond donors (Lipinski definition) is 2. The number of nitrogens with zero attached hydrogens (tertiary/aromatic N) is 7. The van der Waals surface area contributed by atoms with Crippen molar-refractivity contribution in [2.24, 2.45) is 11.8 Å². The number of aromatic nitrogens is 4. The van der Waals surface area contributed by atoms with Gasteiger partial charge in [0.25, 0.3) is 11.8 Å². The van der Waals surface area contributed by atoms with Crippen LogP contribution in [-0.4, -0.2) is 91.4 Å². The second-order valence-corrected chi connectivity index (χ2v) is 15.4. The van der Waals surface area contributed by atoms with Gasteiger partial charge in [-0.2, -0.15) is 5.10 Å². The Labute approximate surface area is 316 Å². The van der Waals surface area contributed by atoms with Gasteiger partial charge in [0.05, 0.1) is 22.6 Å². The van der Waals surface area contributed by atoms with Crippen molar-refractivity contribution in [3.8, 4) is 22.8 Å². The number of nitrogen functional groups attached to an aromatic ring is 1. The number of likely N-dealkylation sites (tertiary alicyclic amines) is 1. The van der Waals surface area contributed by atoms with Crippen molar-refractivity contribution in [2.45, 2.75) is 50.2 Å². The molecule has 3 aromatic carbocycles. The van der Waals surface area contributed by atoms with Crippen molar-refractivity contribution < 1.29 is 23.9 Å². The zero-order valence-corrected chi connectivity index (χ0v) is 30.0. The molecule has 5 aliphatic rings. The van der Waals surface area contributed by atoms with Crippen molar-refractivity contribution in [3.63, 3.8) is 0 Å². The third-order valence-corrected chi connectivity index (χ3v) is 12.2. The van der Waals surface area contributed by atoms with E-state index >= 15 is 0 Å². The first-order valence-corrected chi connectivity index (χ1v) is 19.0. The summed E-state index contributed by atoms with van der Waals surface area (Å²) in [7, 11) is 0. The Bertz CT molecular complexity index is 2370. The van der Waals surface area contributed by atoms with Gasteiger partial charge >= 0.3 is 0 Å². The number of hydrogen-bond acceptors (Lipinski definition) is 11. The van der Waals surface area contributed by atoms with Crippen LogP contribution in [0.4, 0.5) is 11.5 Å². The fraction of sp³-hybridized carbons (Fsp3) is 0.341. The van der Waals surface area contributed by atoms with E-state index in [0.717, 1.165) is 89.8 Å². The zero-order chi connectivity index (χ0) is 37.4. The van der Waals surface area contributed by atoms with Gasteiger partial charge in [0.1, 0.15) is 35.4 Å². The number of anilines is 2. The molecule has 1 aliphatic carbocycles. The Hall–Kier alpha value is -6.15. The smallest absolute Gasteiger partial charge is 0.262 e. The van der Waals surface area contributed by atoms with Crippen LogP contribution in [0.3, 0.4) is 0 Å². The first-order chi connectivity index (χ1) is 26.8. The molecule has 14 heteroatoms. The van der Waals surface area contributed by atoms with Crippen molar-refractivity contribution in [3.05, 3.63) is 90.3 Å². The molecule has 3 atom stereocenters. The predicted molar refractivity (Wildman–Crippen MR) is 202 cm³/mol. The Morgan fingerprint density at radius 1 is 0.764 bits per heavy atom. The number of fused-ring (bicyclic) bond motifs is 2. The monoisotopic (exact) mass is 737 g/mol. The maximum Gasteiger partial charge on any atom is 0.262 e. The minimum atomic E-state index is -0.965. The van der Waals surface area contributed by atoms with Crippen LogP contribution < -0.4 is 20.7 Å². The topological polar surface area (TPSA) is 169 Å². The average Bonchev–Trinajstić information content (AvgIpc) is 3.85. The summed E-state index contributed by atoms with van der Waals surface area (Å²) in [6.45, 7) is 3.91. The number of carbonyl (C=O) groups excluding carboxylic acids is 4. The van der Waals surface area contributed by atoms with Gasteiger partial charge in [0.15, 0.2) is 5.65 Å². The molecular weight excluding hydrogens is 699 g/mol. The van der Waals surface area contributed by atoms with Crippen molar-refractivity contribution in [2.75, 3.05) is 36.8 Å². The van der Waals surface area contributed by atoms with Crippen molar-refractivity contribution in [1.82, 2.24) is 34.9 Å². The van der Waals surface area contributed by atoms with Crippen LogP contribution in [0.5, 0.6) is 11.5 Å². The van der Waals surface area contributed by atoms with E-state index in [-0.39, 0.29) is 24.8 Å². The Morgan fingerprint density at radius 3 is 2.27 bits per heavy atom. The first kappa shape index (κ1) is 33.4. The number of benzene rings is 3. The van der Waals surface area contributed by atoms with Gasteiger partial charge in [-0.15, -0.1) is 0 Å². The molecule has 0 bridgehead atoms. The summed E-state index contributed by atoms with van der Waals surface area (Å²) >= 11 is 0. The lowest BCUT2D eigenvalue weighted by molar-refractivity contribution is -0.136. The minimum absolute atomic E-state index is 0.0973. The van der Waals surface area contributed by atoms with Gasteiger partial charge in [-0.1, -0.05) is 18.2 Å².